The Hall–Kier alpha value is -1.76. The first kappa shape index (κ1) is 9.78. The molecule has 0 heterocycles. The van der Waals surface area contributed by atoms with Crippen molar-refractivity contribution in [1.29, 1.82) is 0 Å². The van der Waals surface area contributed by atoms with Gasteiger partial charge in [0.25, 0.3) is 0 Å². The molecule has 15 heavy (non-hydrogen) atoms. The average molecular weight is 197 g/mol. The Bertz CT molecular complexity index is 449. The summed E-state index contributed by atoms with van der Waals surface area (Å²) in [7, 11) is 0. The molecule has 0 aliphatic rings. The zero-order valence-corrected chi connectivity index (χ0v) is 9.12. The molecule has 2 N–H and O–H groups in total. The first-order chi connectivity index (χ1) is 7.18. The van der Waals surface area contributed by atoms with Crippen molar-refractivity contribution in [2.75, 3.05) is 5.73 Å². The van der Waals surface area contributed by atoms with Crippen LogP contribution in [0.25, 0.3) is 11.1 Å². The van der Waals surface area contributed by atoms with Crippen LogP contribution in [-0.2, 0) is 0 Å². The highest BCUT2D eigenvalue weighted by Gasteiger charge is 2.04. The second-order valence-electron chi connectivity index (χ2n) is 3.91. The first-order valence-electron chi connectivity index (χ1n) is 5.10. The highest BCUT2D eigenvalue weighted by molar-refractivity contribution is 5.79. The number of hydrogen-bond acceptors (Lipinski definition) is 1. The van der Waals surface area contributed by atoms with Crippen LogP contribution in [0.4, 0.5) is 5.69 Å². The van der Waals surface area contributed by atoms with Crippen molar-refractivity contribution in [3.63, 3.8) is 0 Å². The fraction of sp³-hybridized carbons (Fsp3) is 0.143. The second-order valence-corrected chi connectivity index (χ2v) is 3.91. The minimum atomic E-state index is 0.846. The third-order valence-corrected chi connectivity index (χ3v) is 2.65. The molecule has 2 rings (SSSR count). The molecule has 0 amide bonds. The first-order valence-corrected chi connectivity index (χ1v) is 5.10. The maximum atomic E-state index is 5.99. The standard InChI is InChI=1S/C14H15N/c1-10-6-8-12(9-7-10)14-11(2)4-3-5-13(14)15/h3-9H,15H2,1-2H3. The zero-order chi connectivity index (χ0) is 10.8. The van der Waals surface area contributed by atoms with E-state index in [2.05, 4.69) is 44.2 Å². The average Bonchev–Trinajstić information content (AvgIpc) is 2.20. The van der Waals surface area contributed by atoms with Crippen LogP contribution in [-0.4, -0.2) is 0 Å². The van der Waals surface area contributed by atoms with E-state index in [-0.39, 0.29) is 0 Å². The molecule has 0 aromatic heterocycles. The Morgan fingerprint density at radius 3 is 2.13 bits per heavy atom. The van der Waals surface area contributed by atoms with Gasteiger partial charge in [-0.1, -0.05) is 42.0 Å². The lowest BCUT2D eigenvalue weighted by molar-refractivity contribution is 1.43. The highest BCUT2D eigenvalue weighted by Crippen LogP contribution is 2.29. The quantitative estimate of drug-likeness (QED) is 0.695. The van der Waals surface area contributed by atoms with E-state index in [0.717, 1.165) is 11.3 Å². The summed E-state index contributed by atoms with van der Waals surface area (Å²) < 4.78 is 0. The lowest BCUT2D eigenvalue weighted by Crippen LogP contribution is -1.92. The maximum Gasteiger partial charge on any atom is 0.0396 e. The Morgan fingerprint density at radius 2 is 1.53 bits per heavy atom. The maximum absolute atomic E-state index is 5.99. The summed E-state index contributed by atoms with van der Waals surface area (Å²) in [6, 6.07) is 14.5. The SMILES string of the molecule is Cc1ccc(-c2c(C)cccc2N)cc1. The van der Waals surface area contributed by atoms with Gasteiger partial charge >= 0.3 is 0 Å². The topological polar surface area (TPSA) is 26.0 Å². The number of rotatable bonds is 1. The van der Waals surface area contributed by atoms with E-state index in [9.17, 15) is 0 Å². The van der Waals surface area contributed by atoms with Crippen LogP contribution in [0.3, 0.4) is 0 Å². The summed E-state index contributed by atoms with van der Waals surface area (Å²) >= 11 is 0. The Balaban J connectivity index is 2.58. The molecule has 0 atom stereocenters. The van der Waals surface area contributed by atoms with Crippen molar-refractivity contribution in [1.82, 2.24) is 0 Å². The summed E-state index contributed by atoms with van der Waals surface area (Å²) in [5, 5.41) is 0. The smallest absolute Gasteiger partial charge is 0.0396 e. The molecule has 2 aromatic rings. The van der Waals surface area contributed by atoms with E-state index in [1.807, 2.05) is 12.1 Å². The van der Waals surface area contributed by atoms with E-state index in [0.29, 0.717) is 0 Å². The van der Waals surface area contributed by atoms with Crippen molar-refractivity contribution in [3.8, 4) is 11.1 Å². The summed E-state index contributed by atoms with van der Waals surface area (Å²) in [6.07, 6.45) is 0. The van der Waals surface area contributed by atoms with Crippen LogP contribution in [0, 0.1) is 13.8 Å². The summed E-state index contributed by atoms with van der Waals surface area (Å²) in [4.78, 5) is 0. The molecule has 1 heteroatoms. The monoisotopic (exact) mass is 197 g/mol. The van der Waals surface area contributed by atoms with E-state index in [1.54, 1.807) is 0 Å². The minimum absolute atomic E-state index is 0.846. The number of benzene rings is 2. The van der Waals surface area contributed by atoms with E-state index >= 15 is 0 Å². The number of aryl methyl sites for hydroxylation is 2. The Morgan fingerprint density at radius 1 is 0.867 bits per heavy atom. The molecule has 0 saturated carbocycles. The van der Waals surface area contributed by atoms with Crippen LogP contribution >= 0.6 is 0 Å². The Labute approximate surface area is 90.6 Å². The normalized spacial score (nSPS) is 10.3. The third-order valence-electron chi connectivity index (χ3n) is 2.65. The van der Waals surface area contributed by atoms with Gasteiger partial charge in [-0.15, -0.1) is 0 Å². The lowest BCUT2D eigenvalue weighted by atomic mass is 9.98. The lowest BCUT2D eigenvalue weighted by Gasteiger charge is -2.09. The van der Waals surface area contributed by atoms with Gasteiger partial charge in [-0.2, -0.15) is 0 Å². The summed E-state index contributed by atoms with van der Waals surface area (Å²) in [5.74, 6) is 0. The van der Waals surface area contributed by atoms with Gasteiger partial charge in [0.05, 0.1) is 0 Å². The molecule has 0 spiro atoms. The molecule has 2 aromatic carbocycles. The zero-order valence-electron chi connectivity index (χ0n) is 9.12. The molecule has 76 valence electrons. The van der Waals surface area contributed by atoms with Gasteiger partial charge in [0.15, 0.2) is 0 Å². The predicted molar refractivity (Wildman–Crippen MR) is 65.8 cm³/mol. The summed E-state index contributed by atoms with van der Waals surface area (Å²) in [5.41, 5.74) is 11.7. The highest BCUT2D eigenvalue weighted by atomic mass is 14.6. The number of anilines is 1. The molecule has 0 unspecified atom stereocenters. The number of nitrogen functional groups attached to an aromatic ring is 1. The van der Waals surface area contributed by atoms with Crippen molar-refractivity contribution in [2.24, 2.45) is 0 Å². The molecular weight excluding hydrogens is 182 g/mol. The minimum Gasteiger partial charge on any atom is -0.398 e. The van der Waals surface area contributed by atoms with Crippen LogP contribution < -0.4 is 5.73 Å². The van der Waals surface area contributed by atoms with Gasteiger partial charge in [0.1, 0.15) is 0 Å². The summed E-state index contributed by atoms with van der Waals surface area (Å²) in [6.45, 7) is 4.18. The molecule has 0 aliphatic carbocycles. The van der Waals surface area contributed by atoms with E-state index in [1.165, 1.54) is 16.7 Å². The van der Waals surface area contributed by atoms with Gasteiger partial charge in [-0.3, -0.25) is 0 Å². The Kier molecular flexibility index (Phi) is 2.46. The van der Waals surface area contributed by atoms with Crippen LogP contribution in [0.1, 0.15) is 11.1 Å². The number of nitrogens with two attached hydrogens (primary N) is 1. The van der Waals surface area contributed by atoms with Gasteiger partial charge in [-0.25, -0.2) is 0 Å². The van der Waals surface area contributed by atoms with Crippen LogP contribution in [0.5, 0.6) is 0 Å². The van der Waals surface area contributed by atoms with Gasteiger partial charge < -0.3 is 5.73 Å². The fourth-order valence-corrected chi connectivity index (χ4v) is 1.81. The van der Waals surface area contributed by atoms with Gasteiger partial charge in [0.2, 0.25) is 0 Å². The largest absolute Gasteiger partial charge is 0.398 e. The second kappa shape index (κ2) is 3.77. The molecular formula is C14H15N. The van der Waals surface area contributed by atoms with Crippen molar-refractivity contribution < 1.29 is 0 Å². The van der Waals surface area contributed by atoms with Gasteiger partial charge in [-0.05, 0) is 31.0 Å². The van der Waals surface area contributed by atoms with Crippen LogP contribution in [0.15, 0.2) is 42.5 Å². The molecule has 0 radical (unpaired) electrons. The third kappa shape index (κ3) is 1.86. The van der Waals surface area contributed by atoms with Crippen molar-refractivity contribution in [2.45, 2.75) is 13.8 Å². The van der Waals surface area contributed by atoms with Crippen molar-refractivity contribution >= 4 is 5.69 Å². The molecule has 0 aliphatic heterocycles. The molecule has 0 saturated heterocycles. The fourth-order valence-electron chi connectivity index (χ4n) is 1.81. The number of hydrogen-bond donors (Lipinski definition) is 1. The molecule has 0 fully saturated rings. The van der Waals surface area contributed by atoms with Crippen LogP contribution in [0.2, 0.25) is 0 Å². The predicted octanol–water partition coefficient (Wildman–Crippen LogP) is 3.55. The molecule has 1 nitrogen and oxygen atoms in total. The van der Waals surface area contributed by atoms with E-state index < -0.39 is 0 Å². The molecule has 0 bridgehead atoms. The van der Waals surface area contributed by atoms with Gasteiger partial charge in [0, 0.05) is 11.3 Å². The van der Waals surface area contributed by atoms with E-state index in [4.69, 9.17) is 5.73 Å². The van der Waals surface area contributed by atoms with Crippen molar-refractivity contribution in [3.05, 3.63) is 53.6 Å².